The Hall–Kier alpha value is -1.39. The standard InChI is InChI=1S/C21H29ClN4/c22-19-7-4-6-18(16-19)17-10-14-25(15-11-17)12-5-9-21-24-23-20-8-2-1-3-13-26(20)21/h4,6-7,16-17H,1-3,5,8-15H2. The van der Waals surface area contributed by atoms with Crippen molar-refractivity contribution in [3.05, 3.63) is 46.5 Å². The Morgan fingerprint density at radius 2 is 1.92 bits per heavy atom. The average Bonchev–Trinajstić information content (AvgIpc) is 2.89. The zero-order chi connectivity index (χ0) is 17.8. The molecule has 3 heterocycles. The number of nitrogens with zero attached hydrogens (tertiary/aromatic N) is 4. The molecule has 2 aliphatic rings. The van der Waals surface area contributed by atoms with Crippen molar-refractivity contribution in [1.29, 1.82) is 0 Å². The van der Waals surface area contributed by atoms with Crippen molar-refractivity contribution in [3.8, 4) is 0 Å². The first-order valence-electron chi connectivity index (χ1n) is 10.2. The van der Waals surface area contributed by atoms with Gasteiger partial charge in [-0.05, 0) is 75.4 Å². The average molecular weight is 373 g/mol. The summed E-state index contributed by atoms with van der Waals surface area (Å²) in [5.74, 6) is 3.08. The van der Waals surface area contributed by atoms with Gasteiger partial charge in [0.2, 0.25) is 0 Å². The summed E-state index contributed by atoms with van der Waals surface area (Å²) >= 11 is 6.15. The van der Waals surface area contributed by atoms with Crippen LogP contribution in [0.4, 0.5) is 0 Å². The van der Waals surface area contributed by atoms with Crippen molar-refractivity contribution in [1.82, 2.24) is 19.7 Å². The quantitative estimate of drug-likeness (QED) is 0.776. The first-order chi connectivity index (χ1) is 12.8. The van der Waals surface area contributed by atoms with E-state index < -0.39 is 0 Å². The van der Waals surface area contributed by atoms with E-state index in [1.165, 1.54) is 75.4 Å². The number of benzene rings is 1. The molecule has 0 atom stereocenters. The van der Waals surface area contributed by atoms with Gasteiger partial charge in [0.15, 0.2) is 0 Å². The van der Waals surface area contributed by atoms with E-state index in [1.807, 2.05) is 6.07 Å². The van der Waals surface area contributed by atoms with Crippen LogP contribution in [0, 0.1) is 0 Å². The lowest BCUT2D eigenvalue weighted by molar-refractivity contribution is 0.209. The Kier molecular flexibility index (Phi) is 5.91. The van der Waals surface area contributed by atoms with E-state index in [0.29, 0.717) is 5.92 Å². The SMILES string of the molecule is Clc1cccc(C2CCN(CCCc3nnc4n3CCCCC4)CC2)c1. The summed E-state index contributed by atoms with van der Waals surface area (Å²) in [6, 6.07) is 8.40. The molecule has 0 N–H and O–H groups in total. The molecule has 0 spiro atoms. The number of rotatable bonds is 5. The van der Waals surface area contributed by atoms with Gasteiger partial charge in [-0.1, -0.05) is 30.2 Å². The normalized spacial score (nSPS) is 19.3. The lowest BCUT2D eigenvalue weighted by atomic mass is 9.89. The van der Waals surface area contributed by atoms with Crippen molar-refractivity contribution < 1.29 is 0 Å². The maximum Gasteiger partial charge on any atom is 0.133 e. The van der Waals surface area contributed by atoms with Crippen LogP contribution in [-0.4, -0.2) is 39.3 Å². The molecule has 1 aromatic heterocycles. The van der Waals surface area contributed by atoms with Gasteiger partial charge in [-0.25, -0.2) is 0 Å². The van der Waals surface area contributed by atoms with Gasteiger partial charge in [0.1, 0.15) is 11.6 Å². The van der Waals surface area contributed by atoms with E-state index >= 15 is 0 Å². The first kappa shape index (κ1) is 18.0. The fraction of sp³-hybridized carbons (Fsp3) is 0.619. The van der Waals surface area contributed by atoms with Crippen LogP contribution < -0.4 is 0 Å². The Morgan fingerprint density at radius 1 is 1.04 bits per heavy atom. The minimum Gasteiger partial charge on any atom is -0.315 e. The van der Waals surface area contributed by atoms with Gasteiger partial charge < -0.3 is 9.47 Å². The van der Waals surface area contributed by atoms with Gasteiger partial charge in [-0.3, -0.25) is 0 Å². The van der Waals surface area contributed by atoms with Crippen LogP contribution in [0.15, 0.2) is 24.3 Å². The number of hydrogen-bond donors (Lipinski definition) is 0. The van der Waals surface area contributed by atoms with Crippen LogP contribution >= 0.6 is 11.6 Å². The molecule has 0 bridgehead atoms. The molecule has 4 rings (SSSR count). The van der Waals surface area contributed by atoms with Gasteiger partial charge in [0.05, 0.1) is 0 Å². The largest absolute Gasteiger partial charge is 0.315 e. The Bertz CT molecular complexity index is 719. The third-order valence-electron chi connectivity index (χ3n) is 5.97. The summed E-state index contributed by atoms with van der Waals surface area (Å²) in [5.41, 5.74) is 1.41. The van der Waals surface area contributed by atoms with Crippen LogP contribution in [0.1, 0.15) is 61.7 Å². The van der Waals surface area contributed by atoms with Crippen molar-refractivity contribution >= 4 is 11.6 Å². The van der Waals surface area contributed by atoms with Gasteiger partial charge in [-0.15, -0.1) is 10.2 Å². The van der Waals surface area contributed by atoms with Crippen molar-refractivity contribution in [2.75, 3.05) is 19.6 Å². The minimum absolute atomic E-state index is 0.664. The van der Waals surface area contributed by atoms with Crippen molar-refractivity contribution in [3.63, 3.8) is 0 Å². The molecule has 0 aliphatic carbocycles. The second-order valence-corrected chi connectivity index (χ2v) is 8.21. The monoisotopic (exact) mass is 372 g/mol. The first-order valence-corrected chi connectivity index (χ1v) is 10.6. The van der Waals surface area contributed by atoms with Crippen LogP contribution in [0.3, 0.4) is 0 Å². The molecule has 0 saturated carbocycles. The van der Waals surface area contributed by atoms with E-state index in [0.717, 1.165) is 24.4 Å². The Balaban J connectivity index is 1.24. The molecule has 0 amide bonds. The molecule has 0 unspecified atom stereocenters. The predicted molar refractivity (Wildman–Crippen MR) is 106 cm³/mol. The van der Waals surface area contributed by atoms with Crippen LogP contribution in [0.5, 0.6) is 0 Å². The molecule has 2 aromatic rings. The molecule has 4 nitrogen and oxygen atoms in total. The molecule has 2 aliphatic heterocycles. The lowest BCUT2D eigenvalue weighted by Crippen LogP contribution is -2.34. The van der Waals surface area contributed by atoms with Crippen LogP contribution in [-0.2, 0) is 19.4 Å². The summed E-state index contributed by atoms with van der Waals surface area (Å²) in [6.45, 7) is 4.66. The number of likely N-dealkylation sites (tertiary alicyclic amines) is 1. The summed E-state index contributed by atoms with van der Waals surface area (Å²) < 4.78 is 2.39. The van der Waals surface area contributed by atoms with Crippen molar-refractivity contribution in [2.45, 2.75) is 63.8 Å². The molecular formula is C21H29ClN4. The molecule has 5 heteroatoms. The minimum atomic E-state index is 0.664. The van der Waals surface area contributed by atoms with E-state index in [1.54, 1.807) is 0 Å². The molecule has 1 aromatic carbocycles. The van der Waals surface area contributed by atoms with Crippen LogP contribution in [0.25, 0.3) is 0 Å². The third kappa shape index (κ3) is 4.29. The zero-order valence-electron chi connectivity index (χ0n) is 15.5. The number of fused-ring (bicyclic) bond motifs is 1. The summed E-state index contributed by atoms with van der Waals surface area (Å²) in [6.07, 6.45) is 9.67. The summed E-state index contributed by atoms with van der Waals surface area (Å²) in [5, 5.41) is 9.74. The van der Waals surface area contributed by atoms with Gasteiger partial charge >= 0.3 is 0 Å². The van der Waals surface area contributed by atoms with E-state index in [9.17, 15) is 0 Å². The molecule has 1 fully saturated rings. The van der Waals surface area contributed by atoms with Gasteiger partial charge in [0, 0.05) is 24.4 Å². The topological polar surface area (TPSA) is 34.0 Å². The fourth-order valence-electron chi connectivity index (χ4n) is 4.44. The van der Waals surface area contributed by atoms with Crippen LogP contribution in [0.2, 0.25) is 5.02 Å². The molecule has 1 saturated heterocycles. The second-order valence-electron chi connectivity index (χ2n) is 7.77. The Morgan fingerprint density at radius 3 is 2.77 bits per heavy atom. The maximum absolute atomic E-state index is 6.15. The van der Waals surface area contributed by atoms with Gasteiger partial charge in [-0.2, -0.15) is 0 Å². The number of aromatic nitrogens is 3. The van der Waals surface area contributed by atoms with E-state index in [4.69, 9.17) is 11.6 Å². The predicted octanol–water partition coefficient (Wildman–Crippen LogP) is 4.47. The number of aryl methyl sites for hydroxylation is 2. The molecule has 26 heavy (non-hydrogen) atoms. The third-order valence-corrected chi connectivity index (χ3v) is 6.20. The second kappa shape index (κ2) is 8.53. The molecule has 0 radical (unpaired) electrons. The molecular weight excluding hydrogens is 344 g/mol. The highest BCUT2D eigenvalue weighted by Gasteiger charge is 2.21. The highest BCUT2D eigenvalue weighted by Crippen LogP contribution is 2.29. The fourth-order valence-corrected chi connectivity index (χ4v) is 4.64. The summed E-state index contributed by atoms with van der Waals surface area (Å²) in [7, 11) is 0. The van der Waals surface area contributed by atoms with Crippen molar-refractivity contribution in [2.24, 2.45) is 0 Å². The Labute approximate surface area is 161 Å². The number of piperidine rings is 1. The molecule has 140 valence electrons. The number of halogens is 1. The van der Waals surface area contributed by atoms with E-state index in [-0.39, 0.29) is 0 Å². The lowest BCUT2D eigenvalue weighted by Gasteiger charge is -2.32. The maximum atomic E-state index is 6.15. The van der Waals surface area contributed by atoms with E-state index in [2.05, 4.69) is 37.9 Å². The zero-order valence-corrected chi connectivity index (χ0v) is 16.3. The highest BCUT2D eigenvalue weighted by atomic mass is 35.5. The highest BCUT2D eigenvalue weighted by molar-refractivity contribution is 6.30. The number of hydrogen-bond acceptors (Lipinski definition) is 3. The van der Waals surface area contributed by atoms with Gasteiger partial charge in [0.25, 0.3) is 0 Å². The summed E-state index contributed by atoms with van der Waals surface area (Å²) in [4.78, 5) is 2.61. The smallest absolute Gasteiger partial charge is 0.133 e.